The van der Waals surface area contributed by atoms with E-state index in [1.807, 2.05) is 24.3 Å². The van der Waals surface area contributed by atoms with E-state index in [-0.39, 0.29) is 18.2 Å². The molecular weight excluding hydrogens is 366 g/mol. The number of carbonyl (C=O) groups excluding carboxylic acids is 1. The molecule has 0 atom stereocenters. The first-order valence-electron chi connectivity index (χ1n) is 8.11. The predicted molar refractivity (Wildman–Crippen MR) is 105 cm³/mol. The molecule has 0 bridgehead atoms. The summed E-state index contributed by atoms with van der Waals surface area (Å²) in [4.78, 5) is 16.8. The van der Waals surface area contributed by atoms with Gasteiger partial charge in [0.2, 0.25) is 11.8 Å². The number of anilines is 3. The number of carbonyl (C=O) groups is 1. The summed E-state index contributed by atoms with van der Waals surface area (Å²) < 4.78 is 10.3. The number of methoxy groups -OCH3 is 2. The lowest BCUT2D eigenvalue weighted by Crippen LogP contribution is -2.13. The van der Waals surface area contributed by atoms with Crippen molar-refractivity contribution in [1.29, 1.82) is 0 Å². The third-order valence-corrected chi connectivity index (χ3v) is 4.65. The van der Waals surface area contributed by atoms with Crippen LogP contribution in [0.15, 0.2) is 48.5 Å². The molecule has 0 unspecified atom stereocenters. The van der Waals surface area contributed by atoms with Crippen LogP contribution in [0, 0.1) is 0 Å². The second kappa shape index (κ2) is 8.41. The van der Waals surface area contributed by atoms with Crippen LogP contribution < -0.4 is 20.1 Å². The molecule has 0 radical (unpaired) electrons. The third-order valence-electron chi connectivity index (χ3n) is 3.69. The molecule has 1 aromatic heterocycles. The minimum absolute atomic E-state index is 0.0231. The largest absolute Gasteiger partial charge is 0.497 e. The molecule has 3 rings (SSSR count). The second-order valence-electron chi connectivity index (χ2n) is 5.58. The standard InChI is InChI=1S/C19H19N3O4S/c1-25-14-8-6-12(7-9-14)20-17(23)11-16-18(24)22-19(27-16)21-13-4-3-5-15(10-13)26-2/h3-10,24H,11H2,1-2H3,(H,20,23)(H,21,22). The third kappa shape index (κ3) is 4.89. The number of aromatic hydroxyl groups is 1. The maximum absolute atomic E-state index is 12.2. The van der Waals surface area contributed by atoms with Gasteiger partial charge in [0.1, 0.15) is 11.5 Å². The molecule has 0 aliphatic rings. The van der Waals surface area contributed by atoms with Crippen molar-refractivity contribution in [3.8, 4) is 17.4 Å². The highest BCUT2D eigenvalue weighted by Crippen LogP contribution is 2.31. The molecule has 0 aliphatic carbocycles. The van der Waals surface area contributed by atoms with E-state index in [1.165, 1.54) is 11.3 Å². The van der Waals surface area contributed by atoms with Crippen LogP contribution in [0.4, 0.5) is 16.5 Å². The quantitative estimate of drug-likeness (QED) is 0.573. The highest BCUT2D eigenvalue weighted by atomic mass is 32.1. The summed E-state index contributed by atoms with van der Waals surface area (Å²) in [5.41, 5.74) is 1.43. The zero-order valence-electron chi connectivity index (χ0n) is 14.9. The summed E-state index contributed by atoms with van der Waals surface area (Å²) in [5, 5.41) is 16.4. The zero-order chi connectivity index (χ0) is 19.2. The van der Waals surface area contributed by atoms with E-state index >= 15 is 0 Å². The number of amides is 1. The Morgan fingerprint density at radius 1 is 1.07 bits per heavy atom. The lowest BCUT2D eigenvalue weighted by molar-refractivity contribution is -0.115. The van der Waals surface area contributed by atoms with Gasteiger partial charge in [-0.2, -0.15) is 4.98 Å². The van der Waals surface area contributed by atoms with Gasteiger partial charge in [0.25, 0.3) is 0 Å². The Morgan fingerprint density at radius 3 is 2.52 bits per heavy atom. The molecule has 0 saturated carbocycles. The fraction of sp³-hybridized carbons (Fsp3) is 0.158. The molecule has 7 nitrogen and oxygen atoms in total. The molecule has 0 saturated heterocycles. The summed E-state index contributed by atoms with van der Waals surface area (Å²) in [6.45, 7) is 0. The van der Waals surface area contributed by atoms with Gasteiger partial charge in [-0.05, 0) is 36.4 Å². The van der Waals surface area contributed by atoms with Gasteiger partial charge in [0, 0.05) is 17.4 Å². The summed E-state index contributed by atoms with van der Waals surface area (Å²) in [7, 11) is 3.17. The van der Waals surface area contributed by atoms with E-state index in [4.69, 9.17) is 9.47 Å². The fourth-order valence-electron chi connectivity index (χ4n) is 2.36. The van der Waals surface area contributed by atoms with Crippen LogP contribution in [0.25, 0.3) is 0 Å². The van der Waals surface area contributed by atoms with Crippen molar-refractivity contribution in [2.45, 2.75) is 6.42 Å². The van der Waals surface area contributed by atoms with E-state index in [0.29, 0.717) is 27.2 Å². The molecule has 0 spiro atoms. The molecule has 140 valence electrons. The predicted octanol–water partition coefficient (Wildman–Crippen LogP) is 3.79. The molecule has 3 aromatic rings. The maximum atomic E-state index is 12.2. The average Bonchev–Trinajstić information content (AvgIpc) is 3.01. The summed E-state index contributed by atoms with van der Waals surface area (Å²) in [6, 6.07) is 14.4. The number of ether oxygens (including phenoxy) is 2. The Kier molecular flexibility index (Phi) is 5.77. The van der Waals surface area contributed by atoms with Crippen molar-refractivity contribution in [1.82, 2.24) is 4.98 Å². The molecular formula is C19H19N3O4S. The van der Waals surface area contributed by atoms with Crippen molar-refractivity contribution < 1.29 is 19.4 Å². The van der Waals surface area contributed by atoms with Crippen LogP contribution in [0.3, 0.4) is 0 Å². The number of thiazole rings is 1. The second-order valence-corrected chi connectivity index (χ2v) is 6.66. The molecule has 8 heteroatoms. The number of hydrogen-bond donors (Lipinski definition) is 3. The van der Waals surface area contributed by atoms with Gasteiger partial charge in [-0.15, -0.1) is 0 Å². The van der Waals surface area contributed by atoms with Gasteiger partial charge >= 0.3 is 0 Å². The Balaban J connectivity index is 1.64. The Labute approximate surface area is 160 Å². The number of rotatable bonds is 7. The minimum atomic E-state index is -0.243. The van der Waals surface area contributed by atoms with Crippen LogP contribution in [0.5, 0.6) is 17.4 Å². The Bertz CT molecular complexity index is 925. The number of benzene rings is 2. The van der Waals surface area contributed by atoms with Gasteiger partial charge in [0.05, 0.1) is 25.5 Å². The van der Waals surface area contributed by atoms with E-state index in [1.54, 1.807) is 38.5 Å². The van der Waals surface area contributed by atoms with Gasteiger partial charge < -0.3 is 25.2 Å². The molecule has 0 fully saturated rings. The minimum Gasteiger partial charge on any atom is -0.497 e. The van der Waals surface area contributed by atoms with Gasteiger partial charge in [-0.25, -0.2) is 0 Å². The van der Waals surface area contributed by atoms with Crippen LogP contribution >= 0.6 is 11.3 Å². The first kappa shape index (κ1) is 18.5. The van der Waals surface area contributed by atoms with E-state index in [2.05, 4.69) is 15.6 Å². The van der Waals surface area contributed by atoms with Crippen LogP contribution in [0.2, 0.25) is 0 Å². The van der Waals surface area contributed by atoms with Crippen molar-refractivity contribution in [3.05, 3.63) is 53.4 Å². The van der Waals surface area contributed by atoms with Crippen LogP contribution in [0.1, 0.15) is 4.88 Å². The smallest absolute Gasteiger partial charge is 0.229 e. The summed E-state index contributed by atoms with van der Waals surface area (Å²) in [5.74, 6) is 1.02. The topological polar surface area (TPSA) is 92.7 Å². The van der Waals surface area contributed by atoms with Gasteiger partial charge in [-0.3, -0.25) is 4.79 Å². The average molecular weight is 385 g/mol. The van der Waals surface area contributed by atoms with Crippen molar-refractivity contribution in [2.75, 3.05) is 24.9 Å². The first-order chi connectivity index (χ1) is 13.1. The number of nitrogens with zero attached hydrogens (tertiary/aromatic N) is 1. The van der Waals surface area contributed by atoms with Gasteiger partial charge in [-0.1, -0.05) is 17.4 Å². The Hall–Kier alpha value is -3.26. The highest BCUT2D eigenvalue weighted by molar-refractivity contribution is 7.16. The molecule has 27 heavy (non-hydrogen) atoms. The zero-order valence-corrected chi connectivity index (χ0v) is 15.7. The van der Waals surface area contributed by atoms with E-state index in [9.17, 15) is 9.90 Å². The maximum Gasteiger partial charge on any atom is 0.229 e. The van der Waals surface area contributed by atoms with Crippen LogP contribution in [-0.4, -0.2) is 30.2 Å². The summed E-state index contributed by atoms with van der Waals surface area (Å²) >= 11 is 1.22. The molecule has 1 amide bonds. The highest BCUT2D eigenvalue weighted by Gasteiger charge is 2.15. The van der Waals surface area contributed by atoms with Crippen molar-refractivity contribution in [2.24, 2.45) is 0 Å². The number of hydrogen-bond acceptors (Lipinski definition) is 7. The monoisotopic (exact) mass is 385 g/mol. The fourth-order valence-corrected chi connectivity index (χ4v) is 3.24. The summed E-state index contributed by atoms with van der Waals surface area (Å²) in [6.07, 6.45) is 0.0231. The first-order valence-corrected chi connectivity index (χ1v) is 8.92. The van der Waals surface area contributed by atoms with Gasteiger partial charge in [0.15, 0.2) is 5.13 Å². The normalized spacial score (nSPS) is 10.3. The molecule has 1 heterocycles. The lowest BCUT2D eigenvalue weighted by Gasteiger charge is -2.05. The van der Waals surface area contributed by atoms with E-state index < -0.39 is 0 Å². The molecule has 2 aromatic carbocycles. The SMILES string of the molecule is COc1ccc(NC(=O)Cc2sc(Nc3cccc(OC)c3)nc2O)cc1. The molecule has 0 aliphatic heterocycles. The molecule has 3 N–H and O–H groups in total. The Morgan fingerprint density at radius 2 is 1.81 bits per heavy atom. The van der Waals surface area contributed by atoms with E-state index in [0.717, 1.165) is 5.69 Å². The number of aromatic nitrogens is 1. The van der Waals surface area contributed by atoms with Crippen LogP contribution in [-0.2, 0) is 11.2 Å². The lowest BCUT2D eigenvalue weighted by atomic mass is 10.3. The van der Waals surface area contributed by atoms with Crippen molar-refractivity contribution in [3.63, 3.8) is 0 Å². The number of nitrogens with one attached hydrogen (secondary N) is 2. The van der Waals surface area contributed by atoms with Crippen molar-refractivity contribution >= 4 is 33.8 Å².